The molecular formula is C31H27NO6. The van der Waals surface area contributed by atoms with Crippen LogP contribution in [0, 0.1) is 0 Å². The van der Waals surface area contributed by atoms with Gasteiger partial charge in [0.25, 0.3) is 11.7 Å². The van der Waals surface area contributed by atoms with E-state index in [1.54, 1.807) is 48.5 Å². The van der Waals surface area contributed by atoms with Crippen molar-refractivity contribution >= 4 is 17.4 Å². The molecule has 1 N–H and O–H groups in total. The average molecular weight is 510 g/mol. The lowest BCUT2D eigenvalue weighted by Crippen LogP contribution is -2.29. The molecule has 0 radical (unpaired) electrons. The van der Waals surface area contributed by atoms with Crippen molar-refractivity contribution in [1.29, 1.82) is 0 Å². The molecule has 0 aliphatic carbocycles. The number of carbonyl (C=O) groups excluding carboxylic acids is 2. The molecule has 1 saturated heterocycles. The Bertz CT molecular complexity index is 1460. The summed E-state index contributed by atoms with van der Waals surface area (Å²) in [5.41, 5.74) is 2.02. The average Bonchev–Trinajstić information content (AvgIpc) is 3.55. The molecule has 5 rings (SSSR count). The van der Waals surface area contributed by atoms with E-state index in [9.17, 15) is 14.7 Å². The van der Waals surface area contributed by atoms with E-state index < -0.39 is 17.7 Å². The highest BCUT2D eigenvalue weighted by Crippen LogP contribution is 2.41. The fraction of sp³-hybridized carbons (Fsp3) is 0.161. The minimum atomic E-state index is -0.851. The largest absolute Gasteiger partial charge is 0.507 e. The highest BCUT2D eigenvalue weighted by Gasteiger charge is 2.46. The van der Waals surface area contributed by atoms with Crippen molar-refractivity contribution in [2.75, 3.05) is 6.61 Å². The van der Waals surface area contributed by atoms with Gasteiger partial charge in [0.2, 0.25) is 0 Å². The number of nitrogens with zero attached hydrogens (tertiary/aromatic N) is 1. The van der Waals surface area contributed by atoms with Crippen LogP contribution >= 0.6 is 0 Å². The van der Waals surface area contributed by atoms with Crippen LogP contribution in [0.3, 0.4) is 0 Å². The van der Waals surface area contributed by atoms with E-state index in [2.05, 4.69) is 0 Å². The van der Waals surface area contributed by atoms with E-state index in [1.807, 2.05) is 49.4 Å². The zero-order chi connectivity index (χ0) is 26.5. The molecule has 2 heterocycles. The van der Waals surface area contributed by atoms with Crippen molar-refractivity contribution < 1.29 is 28.6 Å². The van der Waals surface area contributed by atoms with Crippen LogP contribution in [0.5, 0.6) is 11.5 Å². The summed E-state index contributed by atoms with van der Waals surface area (Å²) in [7, 11) is 0. The Balaban J connectivity index is 1.56. The topological polar surface area (TPSA) is 89.2 Å². The molecule has 1 aromatic heterocycles. The maximum atomic E-state index is 13.3. The minimum absolute atomic E-state index is 0.00425. The van der Waals surface area contributed by atoms with Gasteiger partial charge in [0.05, 0.1) is 31.0 Å². The molecule has 38 heavy (non-hydrogen) atoms. The van der Waals surface area contributed by atoms with Crippen LogP contribution in [0.1, 0.15) is 35.4 Å². The van der Waals surface area contributed by atoms with E-state index in [-0.39, 0.29) is 17.9 Å². The number of amides is 1. The fourth-order valence-electron chi connectivity index (χ4n) is 4.53. The summed E-state index contributed by atoms with van der Waals surface area (Å²) in [4.78, 5) is 28.0. The van der Waals surface area contributed by atoms with Gasteiger partial charge >= 0.3 is 0 Å². The fourth-order valence-corrected chi connectivity index (χ4v) is 4.53. The maximum absolute atomic E-state index is 13.3. The molecule has 7 heteroatoms. The number of aliphatic hydroxyl groups excluding tert-OH is 1. The second-order valence-corrected chi connectivity index (χ2v) is 8.81. The van der Waals surface area contributed by atoms with Gasteiger partial charge in [0.15, 0.2) is 0 Å². The van der Waals surface area contributed by atoms with Crippen molar-refractivity contribution in [2.45, 2.75) is 26.1 Å². The lowest BCUT2D eigenvalue weighted by atomic mass is 9.95. The first-order chi connectivity index (χ1) is 18.5. The monoisotopic (exact) mass is 509 g/mol. The number of rotatable bonds is 9. The van der Waals surface area contributed by atoms with Gasteiger partial charge in [-0.3, -0.25) is 9.59 Å². The molecular weight excluding hydrogens is 482 g/mol. The predicted molar refractivity (Wildman–Crippen MR) is 141 cm³/mol. The summed E-state index contributed by atoms with van der Waals surface area (Å²) in [5.74, 6) is -0.109. The number of carbonyl (C=O) groups is 2. The Morgan fingerprint density at radius 1 is 0.895 bits per heavy atom. The molecule has 4 aromatic rings. The summed E-state index contributed by atoms with van der Waals surface area (Å²) in [6.07, 6.45) is 1.51. The van der Waals surface area contributed by atoms with Gasteiger partial charge in [-0.15, -0.1) is 0 Å². The van der Waals surface area contributed by atoms with Gasteiger partial charge in [-0.25, -0.2) is 0 Å². The lowest BCUT2D eigenvalue weighted by molar-refractivity contribution is -0.140. The Kier molecular flexibility index (Phi) is 7.26. The quantitative estimate of drug-likeness (QED) is 0.172. The number of hydrogen-bond donors (Lipinski definition) is 1. The van der Waals surface area contributed by atoms with Gasteiger partial charge in [0.1, 0.15) is 29.6 Å². The first-order valence-corrected chi connectivity index (χ1v) is 12.4. The highest BCUT2D eigenvalue weighted by atomic mass is 16.5. The number of aliphatic hydroxyl groups is 1. The van der Waals surface area contributed by atoms with E-state index in [1.165, 1.54) is 11.2 Å². The maximum Gasteiger partial charge on any atom is 0.296 e. The third-order valence-corrected chi connectivity index (χ3v) is 6.29. The molecule has 0 bridgehead atoms. The van der Waals surface area contributed by atoms with Crippen LogP contribution in [0.25, 0.3) is 5.76 Å². The van der Waals surface area contributed by atoms with Crippen molar-refractivity contribution in [3.05, 3.63) is 125 Å². The van der Waals surface area contributed by atoms with Crippen molar-refractivity contribution in [1.82, 2.24) is 4.90 Å². The first-order valence-electron chi connectivity index (χ1n) is 12.4. The van der Waals surface area contributed by atoms with Crippen molar-refractivity contribution in [2.24, 2.45) is 0 Å². The summed E-state index contributed by atoms with van der Waals surface area (Å²) in [6, 6.07) is 26.4. The SMILES string of the molecule is CCOc1cccc(/C(O)=C2/C(=O)C(=O)N(Cc3ccco3)C2c2cccc(OCc3ccccc3)c2)c1. The van der Waals surface area contributed by atoms with E-state index in [0.29, 0.717) is 41.6 Å². The number of likely N-dealkylation sites (tertiary alicyclic amines) is 1. The van der Waals surface area contributed by atoms with Crippen molar-refractivity contribution in [3.8, 4) is 11.5 Å². The second-order valence-electron chi connectivity index (χ2n) is 8.81. The molecule has 3 aromatic carbocycles. The third kappa shape index (κ3) is 5.18. The Hall–Kier alpha value is -4.78. The minimum Gasteiger partial charge on any atom is -0.507 e. The third-order valence-electron chi connectivity index (χ3n) is 6.29. The molecule has 1 fully saturated rings. The van der Waals surface area contributed by atoms with Gasteiger partial charge in [-0.1, -0.05) is 54.6 Å². The predicted octanol–water partition coefficient (Wildman–Crippen LogP) is 5.88. The molecule has 1 unspecified atom stereocenters. The molecule has 1 amide bonds. The summed E-state index contributed by atoms with van der Waals surface area (Å²) in [6.45, 7) is 2.74. The van der Waals surface area contributed by atoms with Crippen LogP contribution < -0.4 is 9.47 Å². The van der Waals surface area contributed by atoms with E-state index >= 15 is 0 Å². The summed E-state index contributed by atoms with van der Waals surface area (Å²) in [5, 5.41) is 11.4. The standard InChI is InChI=1S/C31H27NO6/c1-2-36-24-13-7-12-23(18-24)29(33)27-28(32(31(35)30(27)34)19-26-15-8-16-37-26)22-11-6-14-25(17-22)38-20-21-9-4-3-5-10-21/h3-18,28,33H,2,19-20H2,1H3/b29-27-. The summed E-state index contributed by atoms with van der Waals surface area (Å²) >= 11 is 0. The molecule has 1 aliphatic heterocycles. The van der Waals surface area contributed by atoms with Gasteiger partial charge in [-0.05, 0) is 54.4 Å². The van der Waals surface area contributed by atoms with Crippen molar-refractivity contribution in [3.63, 3.8) is 0 Å². The van der Waals surface area contributed by atoms with E-state index in [4.69, 9.17) is 13.9 Å². The number of benzene rings is 3. The number of ether oxygens (including phenoxy) is 2. The second kappa shape index (κ2) is 11.1. The highest BCUT2D eigenvalue weighted by molar-refractivity contribution is 6.46. The number of Topliss-reactive ketones (excluding diaryl/α,β-unsaturated/α-hetero) is 1. The molecule has 0 spiro atoms. The number of ketones is 1. The van der Waals surface area contributed by atoms with Crippen LogP contribution in [0.4, 0.5) is 0 Å². The number of furan rings is 1. The first kappa shape index (κ1) is 24.9. The summed E-state index contributed by atoms with van der Waals surface area (Å²) < 4.78 is 17.0. The van der Waals surface area contributed by atoms with Crippen LogP contribution in [0.15, 0.2) is 107 Å². The molecule has 0 saturated carbocycles. The molecule has 1 aliphatic rings. The van der Waals surface area contributed by atoms with E-state index in [0.717, 1.165) is 5.56 Å². The van der Waals surface area contributed by atoms with Gasteiger partial charge in [0, 0.05) is 5.56 Å². The van der Waals surface area contributed by atoms with Gasteiger partial charge in [-0.2, -0.15) is 0 Å². The Labute approximate surface area is 220 Å². The zero-order valence-corrected chi connectivity index (χ0v) is 20.9. The van der Waals surface area contributed by atoms with Crippen LogP contribution in [0.2, 0.25) is 0 Å². The molecule has 192 valence electrons. The zero-order valence-electron chi connectivity index (χ0n) is 20.9. The molecule has 1 atom stereocenters. The van der Waals surface area contributed by atoms with Crippen LogP contribution in [-0.4, -0.2) is 28.3 Å². The number of hydrogen-bond acceptors (Lipinski definition) is 6. The Morgan fingerprint density at radius 3 is 2.39 bits per heavy atom. The van der Waals surface area contributed by atoms with Gasteiger partial charge < -0.3 is 23.9 Å². The molecule has 7 nitrogen and oxygen atoms in total. The Morgan fingerprint density at radius 2 is 1.66 bits per heavy atom. The lowest BCUT2D eigenvalue weighted by Gasteiger charge is -2.25. The smallest absolute Gasteiger partial charge is 0.296 e. The normalized spacial score (nSPS) is 16.6. The van der Waals surface area contributed by atoms with Crippen LogP contribution in [-0.2, 0) is 22.7 Å².